The van der Waals surface area contributed by atoms with Crippen LogP contribution in [-0.2, 0) is 9.53 Å². The summed E-state index contributed by atoms with van der Waals surface area (Å²) in [6.45, 7) is 0.525. The fraction of sp³-hybridized carbons (Fsp3) is 0.889. The van der Waals surface area contributed by atoms with Crippen molar-refractivity contribution in [3.8, 4) is 0 Å². The molecule has 0 aromatic carbocycles. The highest BCUT2D eigenvalue weighted by atomic mass is 19.3. The van der Waals surface area contributed by atoms with Crippen molar-refractivity contribution in [1.29, 1.82) is 0 Å². The van der Waals surface area contributed by atoms with Gasteiger partial charge >= 0.3 is 0 Å². The molecule has 0 radical (unpaired) electrons. The molecule has 0 amide bonds. The lowest BCUT2D eigenvalue weighted by Gasteiger charge is -2.20. The first-order valence-corrected chi connectivity index (χ1v) is 4.56. The average molecular weight is 190 g/mol. The van der Waals surface area contributed by atoms with Gasteiger partial charge < -0.3 is 9.53 Å². The summed E-state index contributed by atoms with van der Waals surface area (Å²) in [5.41, 5.74) is -0.884. The summed E-state index contributed by atoms with van der Waals surface area (Å²) in [6, 6.07) is 0. The molecule has 74 valence electrons. The molecular formula is C9H12F2O2. The first-order chi connectivity index (χ1) is 6.08. The van der Waals surface area contributed by atoms with Gasteiger partial charge in [-0.25, -0.2) is 8.78 Å². The third-order valence-electron chi connectivity index (χ3n) is 2.90. The lowest BCUT2D eigenvalue weighted by atomic mass is 9.95. The Hall–Kier alpha value is -0.510. The maximum Gasteiger partial charge on any atom is 0.251 e. The molecule has 1 aliphatic heterocycles. The normalized spacial score (nSPS) is 41.8. The molecular weight excluding hydrogens is 178 g/mol. The molecule has 2 atom stereocenters. The topological polar surface area (TPSA) is 26.3 Å². The standard InChI is InChI=1S/C9H12F2O2/c10-9(11)5-7(9)4-8(6-12)2-1-3-13-8/h6-7H,1-5H2. The minimum absolute atomic E-state index is 0.0774. The van der Waals surface area contributed by atoms with Gasteiger partial charge in [-0.2, -0.15) is 0 Å². The summed E-state index contributed by atoms with van der Waals surface area (Å²) < 4.78 is 30.4. The van der Waals surface area contributed by atoms with Crippen molar-refractivity contribution in [2.45, 2.75) is 37.2 Å². The Morgan fingerprint density at radius 3 is 2.62 bits per heavy atom. The number of carbonyl (C=O) groups is 1. The molecule has 2 rings (SSSR count). The molecule has 2 fully saturated rings. The second kappa shape index (κ2) is 2.74. The molecule has 0 spiro atoms. The lowest BCUT2D eigenvalue weighted by Crippen LogP contribution is -2.31. The maximum absolute atomic E-state index is 12.6. The number of alkyl halides is 2. The van der Waals surface area contributed by atoms with E-state index in [1.807, 2.05) is 0 Å². The number of rotatable bonds is 3. The van der Waals surface area contributed by atoms with Gasteiger partial charge in [0.15, 0.2) is 6.29 Å². The zero-order valence-electron chi connectivity index (χ0n) is 7.26. The summed E-state index contributed by atoms with van der Waals surface area (Å²) in [5, 5.41) is 0. The monoisotopic (exact) mass is 190 g/mol. The Bertz CT molecular complexity index is 222. The number of carbonyl (C=O) groups excluding carboxylic acids is 1. The van der Waals surface area contributed by atoms with E-state index in [1.165, 1.54) is 0 Å². The van der Waals surface area contributed by atoms with Gasteiger partial charge in [0.25, 0.3) is 5.92 Å². The SMILES string of the molecule is O=CC1(CC2CC2(F)F)CCCO1. The van der Waals surface area contributed by atoms with Crippen molar-refractivity contribution >= 4 is 6.29 Å². The zero-order chi connectivity index (χ0) is 9.53. The Kier molecular flexibility index (Phi) is 1.91. The van der Waals surface area contributed by atoms with Crippen molar-refractivity contribution in [2.24, 2.45) is 5.92 Å². The third kappa shape index (κ3) is 1.59. The van der Waals surface area contributed by atoms with Crippen LogP contribution >= 0.6 is 0 Å². The molecule has 0 bridgehead atoms. The van der Waals surface area contributed by atoms with E-state index in [2.05, 4.69) is 0 Å². The highest BCUT2D eigenvalue weighted by Gasteiger charge is 2.59. The molecule has 13 heavy (non-hydrogen) atoms. The molecule has 2 aliphatic rings. The third-order valence-corrected chi connectivity index (χ3v) is 2.90. The van der Waals surface area contributed by atoms with Gasteiger partial charge in [-0.05, 0) is 19.3 Å². The van der Waals surface area contributed by atoms with E-state index >= 15 is 0 Å². The van der Waals surface area contributed by atoms with Crippen molar-refractivity contribution in [1.82, 2.24) is 0 Å². The van der Waals surface area contributed by atoms with Crippen LogP contribution in [0, 0.1) is 5.92 Å². The number of hydrogen-bond acceptors (Lipinski definition) is 2. The molecule has 1 saturated heterocycles. The van der Waals surface area contributed by atoms with Crippen LogP contribution < -0.4 is 0 Å². The second-order valence-corrected chi connectivity index (χ2v) is 4.00. The fourth-order valence-electron chi connectivity index (χ4n) is 1.93. The van der Waals surface area contributed by atoms with Crippen LogP contribution in [0.15, 0.2) is 0 Å². The van der Waals surface area contributed by atoms with E-state index in [4.69, 9.17) is 4.74 Å². The van der Waals surface area contributed by atoms with Crippen LogP contribution in [0.1, 0.15) is 25.7 Å². The largest absolute Gasteiger partial charge is 0.368 e. The van der Waals surface area contributed by atoms with Crippen LogP contribution in [0.3, 0.4) is 0 Å². The molecule has 1 heterocycles. The minimum atomic E-state index is -2.54. The number of halogens is 2. The van der Waals surface area contributed by atoms with Crippen LogP contribution in [0.25, 0.3) is 0 Å². The molecule has 0 N–H and O–H groups in total. The van der Waals surface area contributed by atoms with E-state index in [-0.39, 0.29) is 12.8 Å². The molecule has 1 saturated carbocycles. The highest BCUT2D eigenvalue weighted by Crippen LogP contribution is 2.53. The fourth-order valence-corrected chi connectivity index (χ4v) is 1.93. The van der Waals surface area contributed by atoms with E-state index in [0.717, 1.165) is 6.42 Å². The quantitative estimate of drug-likeness (QED) is 0.634. The van der Waals surface area contributed by atoms with E-state index in [0.29, 0.717) is 19.3 Å². The van der Waals surface area contributed by atoms with Crippen molar-refractivity contribution in [3.05, 3.63) is 0 Å². The molecule has 0 aromatic rings. The van der Waals surface area contributed by atoms with E-state index in [1.54, 1.807) is 0 Å². The van der Waals surface area contributed by atoms with E-state index in [9.17, 15) is 13.6 Å². The molecule has 1 aliphatic carbocycles. The Morgan fingerprint density at radius 2 is 2.23 bits per heavy atom. The first kappa shape index (κ1) is 9.06. The van der Waals surface area contributed by atoms with E-state index < -0.39 is 17.4 Å². The van der Waals surface area contributed by atoms with Gasteiger partial charge in [0.1, 0.15) is 5.60 Å². The van der Waals surface area contributed by atoms with Gasteiger partial charge in [-0.1, -0.05) is 0 Å². The van der Waals surface area contributed by atoms with Gasteiger partial charge in [0.05, 0.1) is 0 Å². The van der Waals surface area contributed by atoms with Gasteiger partial charge in [-0.3, -0.25) is 0 Å². The molecule has 0 aromatic heterocycles. The molecule has 2 unspecified atom stereocenters. The summed E-state index contributed by atoms with van der Waals surface area (Å²) in [6.07, 6.45) is 2.23. The number of ether oxygens (including phenoxy) is 1. The van der Waals surface area contributed by atoms with Crippen LogP contribution in [0.2, 0.25) is 0 Å². The van der Waals surface area contributed by atoms with Gasteiger partial charge in [-0.15, -0.1) is 0 Å². The smallest absolute Gasteiger partial charge is 0.251 e. The number of aldehydes is 1. The summed E-state index contributed by atoms with van der Waals surface area (Å²) in [4.78, 5) is 10.7. The Morgan fingerprint density at radius 1 is 1.54 bits per heavy atom. The number of hydrogen-bond donors (Lipinski definition) is 0. The Labute approximate surface area is 75.3 Å². The van der Waals surface area contributed by atoms with Crippen molar-refractivity contribution < 1.29 is 18.3 Å². The lowest BCUT2D eigenvalue weighted by molar-refractivity contribution is -0.127. The van der Waals surface area contributed by atoms with Crippen LogP contribution in [-0.4, -0.2) is 24.4 Å². The second-order valence-electron chi connectivity index (χ2n) is 4.00. The average Bonchev–Trinajstić information content (AvgIpc) is 2.52. The Balaban J connectivity index is 1.95. The highest BCUT2D eigenvalue weighted by molar-refractivity contribution is 5.63. The van der Waals surface area contributed by atoms with Crippen LogP contribution in [0.4, 0.5) is 8.78 Å². The summed E-state index contributed by atoms with van der Waals surface area (Å²) in [7, 11) is 0. The van der Waals surface area contributed by atoms with Gasteiger partial charge in [0, 0.05) is 18.9 Å². The van der Waals surface area contributed by atoms with Crippen molar-refractivity contribution in [2.75, 3.05) is 6.61 Å². The van der Waals surface area contributed by atoms with Crippen LogP contribution in [0.5, 0.6) is 0 Å². The molecule has 2 nitrogen and oxygen atoms in total. The summed E-state index contributed by atoms with van der Waals surface area (Å²) in [5.74, 6) is -3.17. The van der Waals surface area contributed by atoms with Crippen molar-refractivity contribution in [3.63, 3.8) is 0 Å². The maximum atomic E-state index is 12.6. The zero-order valence-corrected chi connectivity index (χ0v) is 7.26. The minimum Gasteiger partial charge on any atom is -0.368 e. The summed E-state index contributed by atoms with van der Waals surface area (Å²) >= 11 is 0. The predicted molar refractivity (Wildman–Crippen MR) is 41.7 cm³/mol. The first-order valence-electron chi connectivity index (χ1n) is 4.56. The predicted octanol–water partition coefficient (Wildman–Crippen LogP) is 1.78. The molecule has 4 heteroatoms. The van der Waals surface area contributed by atoms with Gasteiger partial charge in [0.2, 0.25) is 0 Å².